The Kier molecular flexibility index (Phi) is 60.9. The van der Waals surface area contributed by atoms with Crippen molar-refractivity contribution < 1.29 is 32.0 Å². The normalized spacial score (nSPS) is 10.1. The van der Waals surface area contributed by atoms with Crippen LogP contribution >= 0.6 is 19.4 Å². The van der Waals surface area contributed by atoms with Gasteiger partial charge in [0.05, 0.1) is 0 Å². The summed E-state index contributed by atoms with van der Waals surface area (Å²) in [5.41, 5.74) is 0. The van der Waals surface area contributed by atoms with Gasteiger partial charge in [-0.25, -0.2) is 0 Å². The van der Waals surface area contributed by atoms with Gasteiger partial charge in [-0.05, 0) is 51.4 Å². The Bertz CT molecular complexity index is 363. The molecule has 0 spiro atoms. The quantitative estimate of drug-likeness (QED) is 0.155. The zero-order chi connectivity index (χ0) is 28.3. The van der Waals surface area contributed by atoms with Gasteiger partial charge < -0.3 is 0 Å². The molecular formula is C24H56Cl2O4RuS4. The molecule has 0 saturated carbocycles. The average molecular weight is 709 g/mol. The first-order valence-electron chi connectivity index (χ1n) is 12.9. The number of hydrogen-bond donors (Lipinski definition) is 0. The summed E-state index contributed by atoms with van der Waals surface area (Å²) in [5.74, 6) is 7.06. The molecule has 0 unspecified atom stereocenters. The zero-order valence-electron chi connectivity index (χ0n) is 23.7. The van der Waals surface area contributed by atoms with E-state index in [1.54, 1.807) is 0 Å². The van der Waals surface area contributed by atoms with E-state index in [1.807, 2.05) is 0 Å². The van der Waals surface area contributed by atoms with Crippen LogP contribution in [0.25, 0.3) is 0 Å². The summed E-state index contributed by atoms with van der Waals surface area (Å²) in [6.45, 7) is 16.5. The molecule has 0 aromatic heterocycles. The second-order valence-corrected chi connectivity index (χ2v) is 16.9. The molecule has 0 rings (SSSR count). The van der Waals surface area contributed by atoms with Gasteiger partial charge in [0, 0.05) is 89.2 Å². The van der Waals surface area contributed by atoms with Gasteiger partial charge in [-0.3, -0.25) is 16.8 Å². The van der Waals surface area contributed by atoms with Crippen molar-refractivity contribution in [2.24, 2.45) is 0 Å². The SMILES string of the molecule is CCCS(=O)CCC.CCCS(=O)CCC.CCCS(=O)CCC.CCCS(=O)CCC.[Cl][Ru][Cl]. The molecule has 0 bridgehead atoms. The van der Waals surface area contributed by atoms with Gasteiger partial charge in [-0.2, -0.15) is 0 Å². The van der Waals surface area contributed by atoms with Crippen molar-refractivity contribution in [3.63, 3.8) is 0 Å². The first-order chi connectivity index (χ1) is 16.6. The molecule has 0 heterocycles. The van der Waals surface area contributed by atoms with Crippen LogP contribution in [0.3, 0.4) is 0 Å². The van der Waals surface area contributed by atoms with Crippen molar-refractivity contribution in [2.75, 3.05) is 46.0 Å². The molecule has 0 aliphatic rings. The van der Waals surface area contributed by atoms with E-state index in [2.05, 4.69) is 55.4 Å². The molecular weight excluding hydrogens is 653 g/mol. The summed E-state index contributed by atoms with van der Waals surface area (Å²) in [4.78, 5) is 0. The van der Waals surface area contributed by atoms with Crippen molar-refractivity contribution in [2.45, 2.75) is 107 Å². The van der Waals surface area contributed by atoms with Crippen molar-refractivity contribution in [3.05, 3.63) is 0 Å². The first-order valence-corrected chi connectivity index (χ1v) is 23.3. The number of halogens is 2. The molecule has 0 atom stereocenters. The van der Waals surface area contributed by atoms with E-state index in [0.717, 1.165) is 97.4 Å². The zero-order valence-corrected chi connectivity index (χ0v) is 30.2. The molecule has 4 nitrogen and oxygen atoms in total. The van der Waals surface area contributed by atoms with Crippen LogP contribution in [0.1, 0.15) is 107 Å². The minimum absolute atomic E-state index is 0.346. The van der Waals surface area contributed by atoms with Crippen molar-refractivity contribution >= 4 is 62.6 Å². The fourth-order valence-electron chi connectivity index (χ4n) is 2.23. The molecule has 222 valence electrons. The molecule has 0 radical (unpaired) electrons. The molecule has 0 aromatic carbocycles. The summed E-state index contributed by atoms with van der Waals surface area (Å²) < 4.78 is 43.0. The van der Waals surface area contributed by atoms with Crippen LogP contribution in [0.4, 0.5) is 0 Å². The van der Waals surface area contributed by atoms with Gasteiger partial charge in [0.1, 0.15) is 0 Å². The van der Waals surface area contributed by atoms with Gasteiger partial charge in [-0.1, -0.05) is 55.4 Å². The van der Waals surface area contributed by atoms with Crippen LogP contribution in [-0.2, 0) is 58.3 Å². The molecule has 0 N–H and O–H groups in total. The molecule has 0 fully saturated rings. The van der Waals surface area contributed by atoms with Crippen LogP contribution < -0.4 is 0 Å². The van der Waals surface area contributed by atoms with E-state index in [-0.39, 0.29) is 15.1 Å². The molecule has 0 aliphatic heterocycles. The summed E-state index contributed by atoms with van der Waals surface area (Å²) in [7, 11) is 7.63. The topological polar surface area (TPSA) is 68.3 Å². The van der Waals surface area contributed by atoms with Gasteiger partial charge >= 0.3 is 34.5 Å². The van der Waals surface area contributed by atoms with Gasteiger partial charge in [-0.15, -0.1) is 0 Å². The minimum atomic E-state index is -0.520. The standard InChI is InChI=1S/4C6H14OS.2ClH.Ru/c4*1-3-5-8(7)6-4-2;;;/h4*3-6H2,1-2H3;2*1H;/q;;;;;;+2/p-2. The van der Waals surface area contributed by atoms with Crippen LogP contribution in [0.2, 0.25) is 0 Å². The molecule has 0 saturated heterocycles. The number of hydrogen-bond acceptors (Lipinski definition) is 4. The van der Waals surface area contributed by atoms with E-state index in [9.17, 15) is 16.8 Å². The van der Waals surface area contributed by atoms with E-state index >= 15 is 0 Å². The maximum absolute atomic E-state index is 10.8. The van der Waals surface area contributed by atoms with E-state index in [0.29, 0.717) is 0 Å². The predicted molar refractivity (Wildman–Crippen MR) is 166 cm³/mol. The van der Waals surface area contributed by atoms with Crippen molar-refractivity contribution in [3.8, 4) is 0 Å². The Labute approximate surface area is 245 Å². The third-order valence-electron chi connectivity index (χ3n) is 3.45. The third kappa shape index (κ3) is 61.4. The van der Waals surface area contributed by atoms with Gasteiger partial charge in [0.2, 0.25) is 0 Å². The fraction of sp³-hybridized carbons (Fsp3) is 1.00. The summed E-state index contributed by atoms with van der Waals surface area (Å²) in [6.07, 6.45) is 8.39. The van der Waals surface area contributed by atoms with Crippen LogP contribution in [0, 0.1) is 0 Å². The van der Waals surface area contributed by atoms with Crippen LogP contribution in [0.5, 0.6) is 0 Å². The molecule has 0 aromatic rings. The number of rotatable bonds is 16. The summed E-state index contributed by atoms with van der Waals surface area (Å²) >= 11 is -0.346. The van der Waals surface area contributed by atoms with Gasteiger partial charge in [0.15, 0.2) is 0 Å². The average Bonchev–Trinajstić information content (AvgIpc) is 2.77. The van der Waals surface area contributed by atoms with E-state index in [1.165, 1.54) is 0 Å². The molecule has 0 aliphatic carbocycles. The van der Waals surface area contributed by atoms with E-state index in [4.69, 9.17) is 19.4 Å². The molecule has 11 heteroatoms. The van der Waals surface area contributed by atoms with Crippen LogP contribution in [-0.4, -0.2) is 62.9 Å². The molecule has 35 heavy (non-hydrogen) atoms. The third-order valence-corrected chi connectivity index (χ3v) is 10.4. The summed E-state index contributed by atoms with van der Waals surface area (Å²) in [6, 6.07) is 0. The second kappa shape index (κ2) is 45.7. The van der Waals surface area contributed by atoms with E-state index < -0.39 is 43.2 Å². The van der Waals surface area contributed by atoms with Crippen molar-refractivity contribution in [1.82, 2.24) is 0 Å². The summed E-state index contributed by atoms with van der Waals surface area (Å²) in [5, 5.41) is 0. The monoisotopic (exact) mass is 708 g/mol. The Morgan fingerprint density at radius 2 is 0.457 bits per heavy atom. The Morgan fingerprint density at radius 3 is 0.514 bits per heavy atom. The Balaban J connectivity index is -0.000000110. The van der Waals surface area contributed by atoms with Crippen molar-refractivity contribution in [1.29, 1.82) is 0 Å². The first kappa shape index (κ1) is 46.6. The fourth-order valence-corrected chi connectivity index (χ4v) is 6.69. The van der Waals surface area contributed by atoms with Crippen LogP contribution in [0.15, 0.2) is 0 Å². The second-order valence-electron chi connectivity index (χ2n) is 7.44. The molecule has 0 amide bonds. The Morgan fingerprint density at radius 1 is 0.371 bits per heavy atom. The predicted octanol–water partition coefficient (Wildman–Crippen LogP) is 7.60. The maximum atomic E-state index is 10.8. The van der Waals surface area contributed by atoms with Gasteiger partial charge in [0.25, 0.3) is 0 Å². The Hall–Kier alpha value is 1.80.